The highest BCUT2D eigenvalue weighted by Gasteiger charge is 2.29. The Morgan fingerprint density at radius 1 is 1.17 bits per heavy atom. The number of ether oxygens (including phenoxy) is 1. The van der Waals surface area contributed by atoms with Gasteiger partial charge in [0, 0.05) is 10.9 Å². The summed E-state index contributed by atoms with van der Waals surface area (Å²) in [6.45, 7) is 4.11. The first-order valence-corrected chi connectivity index (χ1v) is 8.94. The Hall–Kier alpha value is -2.15. The van der Waals surface area contributed by atoms with Crippen LogP contribution in [0.2, 0.25) is 0 Å². The summed E-state index contributed by atoms with van der Waals surface area (Å²) in [4.78, 5) is 26.8. The third kappa shape index (κ3) is 3.61. The number of nitrogens with zero attached hydrogens (tertiary/aromatic N) is 1. The van der Waals surface area contributed by atoms with Gasteiger partial charge in [0.1, 0.15) is 17.3 Å². The average molecular weight is 337 g/mol. The molecule has 2 rings (SSSR count). The molecule has 0 fully saturated rings. The molecule has 23 heavy (non-hydrogen) atoms. The largest absolute Gasteiger partial charge is 0.497 e. The molecule has 6 nitrogen and oxygen atoms in total. The molecule has 0 spiro atoms. The van der Waals surface area contributed by atoms with Crippen molar-refractivity contribution in [3.63, 3.8) is 0 Å². The zero-order valence-electron chi connectivity index (χ0n) is 13.5. The van der Waals surface area contributed by atoms with Crippen molar-refractivity contribution in [3.05, 3.63) is 50.7 Å². The molecule has 1 aromatic heterocycles. The van der Waals surface area contributed by atoms with Crippen molar-refractivity contribution in [3.8, 4) is 11.6 Å². The van der Waals surface area contributed by atoms with E-state index in [1.165, 1.54) is 4.57 Å². The van der Waals surface area contributed by atoms with Gasteiger partial charge in [-0.05, 0) is 31.5 Å². The number of hydrogen-bond acceptors (Lipinski definition) is 4. The smallest absolute Gasteiger partial charge is 0.331 e. The summed E-state index contributed by atoms with van der Waals surface area (Å²) in [6.07, 6.45) is 0. The second-order valence-electron chi connectivity index (χ2n) is 4.92. The summed E-state index contributed by atoms with van der Waals surface area (Å²) >= 11 is 0. The van der Waals surface area contributed by atoms with Gasteiger partial charge in [-0.3, -0.25) is 14.3 Å². The van der Waals surface area contributed by atoms with E-state index < -0.39 is 11.2 Å². The van der Waals surface area contributed by atoms with E-state index in [1.54, 1.807) is 19.2 Å². The van der Waals surface area contributed by atoms with E-state index in [2.05, 4.69) is 4.98 Å². The molecule has 2 aromatic rings. The first-order chi connectivity index (χ1) is 11.0. The monoisotopic (exact) mass is 337 g/mol. The van der Waals surface area contributed by atoms with Crippen molar-refractivity contribution in [1.29, 1.82) is 0 Å². The molecule has 0 aliphatic carbocycles. The average Bonchev–Trinajstić information content (AvgIpc) is 2.55. The Labute approximate surface area is 137 Å². The molecule has 0 unspecified atom stereocenters. The number of rotatable bonds is 6. The summed E-state index contributed by atoms with van der Waals surface area (Å²) in [6, 6.07) is 7.20. The number of nitrogens with one attached hydrogen (secondary N) is 1. The number of benzene rings is 1. The maximum absolute atomic E-state index is 12.1. The Balaban J connectivity index is 2.47. The van der Waals surface area contributed by atoms with Crippen LogP contribution in [0.5, 0.6) is 11.6 Å². The molecule has 7 heteroatoms. The molecular weight excluding hydrogens is 316 g/mol. The zero-order chi connectivity index (χ0) is 17.0. The minimum absolute atomic E-state index is 0.184. The van der Waals surface area contributed by atoms with E-state index in [0.29, 0.717) is 10.6 Å². The second-order valence-corrected chi connectivity index (χ2v) is 7.46. The van der Waals surface area contributed by atoms with Crippen molar-refractivity contribution in [2.75, 3.05) is 18.6 Å². The lowest BCUT2D eigenvalue weighted by atomic mass is 10.2. The van der Waals surface area contributed by atoms with Crippen molar-refractivity contribution in [2.24, 2.45) is 0 Å². The van der Waals surface area contributed by atoms with Crippen LogP contribution in [0.1, 0.15) is 19.4 Å². The summed E-state index contributed by atoms with van der Waals surface area (Å²) in [5.41, 5.74) is -0.276. The van der Waals surface area contributed by atoms with Gasteiger partial charge in [0.25, 0.3) is 10.8 Å². The highest BCUT2D eigenvalue weighted by atomic mass is 32.2. The predicted molar refractivity (Wildman–Crippen MR) is 91.8 cm³/mol. The van der Waals surface area contributed by atoms with Gasteiger partial charge in [-0.25, -0.2) is 4.79 Å². The van der Waals surface area contributed by atoms with Crippen LogP contribution in [0.3, 0.4) is 0 Å². The Morgan fingerprint density at radius 3 is 2.30 bits per heavy atom. The van der Waals surface area contributed by atoms with Crippen LogP contribution in [0.15, 0.2) is 38.8 Å². The fourth-order valence-corrected chi connectivity index (χ4v) is 4.02. The standard InChI is InChI=1S/C16H20N2O4S/c1-4-23(5-2)13-14(19)17-16(21)18(15(13)20)10-11-6-8-12(22-3)9-7-11/h6-9H,4-5,10H2,1-3H3,(H-,17,19,20,21)/p+1. The molecule has 0 aliphatic heterocycles. The van der Waals surface area contributed by atoms with E-state index in [4.69, 9.17) is 4.74 Å². The lowest BCUT2D eigenvalue weighted by molar-refractivity contribution is 0.393. The molecule has 0 bridgehead atoms. The van der Waals surface area contributed by atoms with Crippen LogP contribution in [0.25, 0.3) is 0 Å². The van der Waals surface area contributed by atoms with Crippen LogP contribution in [0.4, 0.5) is 0 Å². The Bertz CT molecular complexity index is 776. The summed E-state index contributed by atoms with van der Waals surface area (Å²) in [5.74, 6) is 1.97. The molecule has 1 heterocycles. The second kappa shape index (κ2) is 7.41. The lowest BCUT2D eigenvalue weighted by Crippen LogP contribution is -2.34. The van der Waals surface area contributed by atoms with E-state index in [-0.39, 0.29) is 23.3 Å². The number of methoxy groups -OCH3 is 1. The maximum Gasteiger partial charge on any atom is 0.331 e. The van der Waals surface area contributed by atoms with Gasteiger partial charge >= 0.3 is 11.2 Å². The van der Waals surface area contributed by atoms with Crippen LogP contribution in [0, 0.1) is 0 Å². The number of aromatic hydroxyl groups is 1. The SMILES string of the molecule is CC[S+](CC)c1c(O)n(Cc2ccc(OC)cc2)c(=O)[nH]c1=O. The molecule has 0 saturated heterocycles. The fourth-order valence-electron chi connectivity index (χ4n) is 2.35. The minimum Gasteiger partial charge on any atom is -0.497 e. The summed E-state index contributed by atoms with van der Waals surface area (Å²) in [5, 5.41) is 10.5. The number of aromatic amines is 1. The van der Waals surface area contributed by atoms with Gasteiger partial charge < -0.3 is 9.84 Å². The first-order valence-electron chi connectivity index (χ1n) is 7.38. The third-order valence-corrected chi connectivity index (χ3v) is 5.96. The minimum atomic E-state index is -0.608. The lowest BCUT2D eigenvalue weighted by Gasteiger charge is -2.11. The van der Waals surface area contributed by atoms with E-state index in [0.717, 1.165) is 17.1 Å². The first kappa shape index (κ1) is 17.2. The van der Waals surface area contributed by atoms with Crippen LogP contribution >= 0.6 is 0 Å². The molecule has 0 amide bonds. The Morgan fingerprint density at radius 2 is 1.78 bits per heavy atom. The molecule has 0 atom stereocenters. The van der Waals surface area contributed by atoms with Gasteiger partial charge in [-0.1, -0.05) is 12.1 Å². The highest BCUT2D eigenvalue weighted by molar-refractivity contribution is 7.96. The topological polar surface area (TPSA) is 84.3 Å². The quantitative estimate of drug-likeness (QED) is 0.779. The van der Waals surface area contributed by atoms with Gasteiger partial charge in [0.2, 0.25) is 0 Å². The molecule has 124 valence electrons. The number of aromatic nitrogens is 2. The summed E-state index contributed by atoms with van der Waals surface area (Å²) < 4.78 is 6.30. The summed E-state index contributed by atoms with van der Waals surface area (Å²) in [7, 11) is 1.20. The normalized spacial score (nSPS) is 11.0. The molecule has 1 aromatic carbocycles. The van der Waals surface area contributed by atoms with Crippen LogP contribution in [-0.4, -0.2) is 33.3 Å². The maximum atomic E-state index is 12.1. The number of H-pyrrole nitrogens is 1. The zero-order valence-corrected chi connectivity index (χ0v) is 14.3. The van der Waals surface area contributed by atoms with Crippen LogP contribution < -0.4 is 16.0 Å². The van der Waals surface area contributed by atoms with Crippen molar-refractivity contribution in [1.82, 2.24) is 9.55 Å². The van der Waals surface area contributed by atoms with Gasteiger partial charge in [0.15, 0.2) is 0 Å². The van der Waals surface area contributed by atoms with Gasteiger partial charge in [0.05, 0.1) is 13.7 Å². The van der Waals surface area contributed by atoms with Crippen molar-refractivity contribution >= 4 is 10.9 Å². The van der Waals surface area contributed by atoms with E-state index in [9.17, 15) is 14.7 Å². The van der Waals surface area contributed by atoms with E-state index in [1.807, 2.05) is 26.0 Å². The molecule has 0 saturated carbocycles. The Kier molecular flexibility index (Phi) is 5.54. The van der Waals surface area contributed by atoms with Gasteiger partial charge in [-0.2, -0.15) is 0 Å². The molecular formula is C16H21N2O4S+. The molecule has 0 radical (unpaired) electrons. The van der Waals surface area contributed by atoms with Crippen molar-refractivity contribution in [2.45, 2.75) is 25.3 Å². The molecule has 0 aliphatic rings. The molecule has 2 N–H and O–H groups in total. The van der Waals surface area contributed by atoms with Gasteiger partial charge in [-0.15, -0.1) is 0 Å². The highest BCUT2D eigenvalue weighted by Crippen LogP contribution is 2.21. The third-order valence-electron chi connectivity index (χ3n) is 3.62. The predicted octanol–water partition coefficient (Wildman–Crippen LogP) is 1.32. The van der Waals surface area contributed by atoms with Crippen molar-refractivity contribution < 1.29 is 9.84 Å². The van der Waals surface area contributed by atoms with E-state index >= 15 is 0 Å². The fraction of sp³-hybridized carbons (Fsp3) is 0.375. The number of hydrogen-bond donors (Lipinski definition) is 2. The van der Waals surface area contributed by atoms with Crippen LogP contribution in [-0.2, 0) is 17.4 Å².